The van der Waals surface area contributed by atoms with Gasteiger partial charge in [-0.3, -0.25) is 0 Å². The average Bonchev–Trinajstić information content (AvgIpc) is 3.02. The Kier molecular flexibility index (Phi) is 17.7. The topological polar surface area (TPSA) is 119 Å². The van der Waals surface area contributed by atoms with Gasteiger partial charge in [-0.05, 0) is 59.4 Å². The van der Waals surface area contributed by atoms with Crippen molar-refractivity contribution in [2.75, 3.05) is 51.1 Å². The quantitative estimate of drug-likeness (QED) is 0.0534. The van der Waals surface area contributed by atoms with Gasteiger partial charge in [0.1, 0.15) is 23.3 Å². The maximum absolute atomic E-state index is 12.0. The van der Waals surface area contributed by atoms with Gasteiger partial charge in [0, 0.05) is 21.3 Å². The van der Waals surface area contributed by atoms with Gasteiger partial charge in [0.25, 0.3) is 0 Å². The number of ether oxygens (including phenoxy) is 4. The second kappa shape index (κ2) is 21.2. The van der Waals surface area contributed by atoms with Gasteiger partial charge in [0.15, 0.2) is 0 Å². The maximum Gasteiger partial charge on any atom is 0.348 e. The van der Waals surface area contributed by atoms with Crippen LogP contribution in [0.4, 0.5) is 0 Å². The van der Waals surface area contributed by atoms with Crippen LogP contribution in [0.5, 0.6) is 0 Å². The van der Waals surface area contributed by atoms with E-state index < -0.39 is 11.9 Å². The van der Waals surface area contributed by atoms with Gasteiger partial charge in [0.05, 0.1) is 39.6 Å². The van der Waals surface area contributed by atoms with Gasteiger partial charge in [-0.25, -0.2) is 9.59 Å². The van der Waals surface area contributed by atoms with Crippen LogP contribution in [0, 0.1) is 34.5 Å². The molecule has 2 rings (SSSR count). The highest BCUT2D eigenvalue weighted by Gasteiger charge is 2.12. The highest BCUT2D eigenvalue weighted by molar-refractivity contribution is 7.99. The van der Waals surface area contributed by atoms with Crippen molar-refractivity contribution in [1.82, 2.24) is 0 Å². The van der Waals surface area contributed by atoms with Gasteiger partial charge >= 0.3 is 11.9 Å². The van der Waals surface area contributed by atoms with E-state index in [1.165, 1.54) is 12.2 Å². The Morgan fingerprint density at radius 3 is 1.34 bits per heavy atom. The summed E-state index contributed by atoms with van der Waals surface area (Å²) in [5.74, 6) is 0.785. The number of hydrogen-bond acceptors (Lipinski definition) is 10. The van der Waals surface area contributed by atoms with Gasteiger partial charge in [-0.15, -0.1) is 23.5 Å². The van der Waals surface area contributed by atoms with Crippen LogP contribution in [-0.2, 0) is 28.5 Å². The highest BCUT2D eigenvalue weighted by Crippen LogP contribution is 2.21. The first-order valence-corrected chi connectivity index (χ1v) is 16.4. The zero-order chi connectivity index (χ0) is 32.2. The maximum atomic E-state index is 12.0. The van der Waals surface area contributed by atoms with Crippen molar-refractivity contribution < 1.29 is 28.5 Å². The van der Waals surface area contributed by atoms with Crippen molar-refractivity contribution in [2.24, 2.45) is 11.8 Å². The zero-order valence-corrected chi connectivity index (χ0v) is 27.4. The number of esters is 2. The van der Waals surface area contributed by atoms with Gasteiger partial charge in [-0.1, -0.05) is 52.0 Å². The summed E-state index contributed by atoms with van der Waals surface area (Å²) in [5.41, 5.74) is 1.49. The van der Waals surface area contributed by atoms with Crippen molar-refractivity contribution in [3.05, 3.63) is 70.8 Å². The predicted octanol–water partition coefficient (Wildman–Crippen LogP) is 6.82. The third-order valence-electron chi connectivity index (χ3n) is 5.52. The Morgan fingerprint density at radius 1 is 0.659 bits per heavy atom. The zero-order valence-electron chi connectivity index (χ0n) is 25.7. The van der Waals surface area contributed by atoms with Crippen LogP contribution in [0.15, 0.2) is 69.5 Å². The molecule has 2 aromatic carbocycles. The van der Waals surface area contributed by atoms with Crippen LogP contribution in [0.1, 0.15) is 38.8 Å². The van der Waals surface area contributed by atoms with Gasteiger partial charge in [0.2, 0.25) is 0 Å². The first-order chi connectivity index (χ1) is 21.2. The minimum absolute atomic E-state index is 0.0167. The number of carbonyl (C=O) groups is 2. The average molecular weight is 637 g/mol. The fourth-order valence-corrected chi connectivity index (χ4v) is 4.86. The standard InChI is InChI=1S/C34H40N2O6S2/c1-25(2)23-41-33(37)29(21-35)19-27-5-9-31(10-6-27)43-17-15-39-13-14-40-16-18-44-32-11-7-28(8-12-32)20-30(22-36)34(38)42-24-26(3)4/h5-12,19-20,25-26H,13-18,23-24H2,1-4H3. The molecule has 234 valence electrons. The summed E-state index contributed by atoms with van der Waals surface area (Å²) < 4.78 is 21.6. The van der Waals surface area contributed by atoms with Crippen LogP contribution >= 0.6 is 23.5 Å². The summed E-state index contributed by atoms with van der Waals surface area (Å²) in [4.78, 5) is 26.2. The molecule has 2 aromatic rings. The molecule has 0 aliphatic heterocycles. The number of nitriles is 2. The largest absolute Gasteiger partial charge is 0.461 e. The summed E-state index contributed by atoms with van der Waals surface area (Å²) >= 11 is 3.32. The summed E-state index contributed by atoms with van der Waals surface area (Å²) in [6.07, 6.45) is 3.08. The minimum Gasteiger partial charge on any atom is -0.461 e. The van der Waals surface area contributed by atoms with E-state index in [1.807, 2.05) is 88.4 Å². The molecule has 10 heteroatoms. The lowest BCUT2D eigenvalue weighted by atomic mass is 10.1. The molecule has 0 aromatic heterocycles. The van der Waals surface area contributed by atoms with Crippen LogP contribution < -0.4 is 0 Å². The van der Waals surface area contributed by atoms with E-state index in [-0.39, 0.29) is 36.2 Å². The molecule has 0 fully saturated rings. The van der Waals surface area contributed by atoms with Crippen molar-refractivity contribution in [3.8, 4) is 12.1 Å². The normalized spacial score (nSPS) is 11.7. The number of thioether (sulfide) groups is 2. The van der Waals surface area contributed by atoms with Crippen LogP contribution in [0.25, 0.3) is 12.2 Å². The highest BCUT2D eigenvalue weighted by atomic mass is 32.2. The Bertz CT molecular complexity index is 1220. The van der Waals surface area contributed by atoms with E-state index in [0.29, 0.717) is 26.4 Å². The van der Waals surface area contributed by atoms with Crippen molar-refractivity contribution in [1.29, 1.82) is 10.5 Å². The van der Waals surface area contributed by atoms with Crippen LogP contribution in [0.3, 0.4) is 0 Å². The first kappa shape index (κ1) is 36.7. The Morgan fingerprint density at radius 2 is 1.02 bits per heavy atom. The molecule has 0 radical (unpaired) electrons. The lowest BCUT2D eigenvalue weighted by Crippen LogP contribution is -2.11. The molecular weight excluding hydrogens is 597 g/mol. The molecular formula is C34H40N2O6S2. The lowest BCUT2D eigenvalue weighted by Gasteiger charge is -2.07. The summed E-state index contributed by atoms with van der Waals surface area (Å²) in [6, 6.07) is 19.1. The monoisotopic (exact) mass is 636 g/mol. The summed E-state index contributed by atoms with van der Waals surface area (Å²) in [6.45, 7) is 10.5. The number of carbonyl (C=O) groups excluding carboxylic acids is 2. The van der Waals surface area contributed by atoms with Crippen molar-refractivity contribution in [2.45, 2.75) is 37.5 Å². The predicted molar refractivity (Wildman–Crippen MR) is 175 cm³/mol. The Labute approximate surface area is 269 Å². The molecule has 0 bridgehead atoms. The molecule has 0 atom stereocenters. The number of nitrogens with zero attached hydrogens (tertiary/aromatic N) is 2. The molecule has 8 nitrogen and oxygen atoms in total. The van der Waals surface area contributed by atoms with Gasteiger partial charge < -0.3 is 18.9 Å². The first-order valence-electron chi connectivity index (χ1n) is 14.4. The molecule has 0 heterocycles. The van der Waals surface area contributed by atoms with E-state index in [2.05, 4.69) is 0 Å². The SMILES string of the molecule is CC(C)COC(=O)C(C#N)=Cc1ccc(SCCOCCOCCSc2ccc(C=C(C#N)C(=O)OCC(C)C)cc2)cc1. The Balaban J connectivity index is 1.58. The minimum atomic E-state index is -0.603. The van der Waals surface area contributed by atoms with Crippen LogP contribution in [-0.4, -0.2) is 63.1 Å². The van der Waals surface area contributed by atoms with E-state index >= 15 is 0 Å². The fourth-order valence-electron chi connectivity index (χ4n) is 3.33. The Hall–Kier alpha value is -3.54. The van der Waals surface area contributed by atoms with E-state index in [4.69, 9.17) is 18.9 Å². The van der Waals surface area contributed by atoms with Crippen molar-refractivity contribution >= 4 is 47.6 Å². The third kappa shape index (κ3) is 15.3. The molecule has 0 amide bonds. The molecule has 0 aliphatic rings. The molecule has 0 saturated carbocycles. The molecule has 44 heavy (non-hydrogen) atoms. The fraction of sp³-hybridized carbons (Fsp3) is 0.412. The van der Waals surface area contributed by atoms with Crippen LogP contribution in [0.2, 0.25) is 0 Å². The second-order valence-electron chi connectivity index (χ2n) is 10.4. The molecule has 0 saturated heterocycles. The summed E-state index contributed by atoms with van der Waals surface area (Å²) in [5, 5.41) is 18.6. The number of rotatable bonds is 19. The smallest absolute Gasteiger partial charge is 0.348 e. The number of hydrogen-bond donors (Lipinski definition) is 0. The van der Waals surface area contributed by atoms with E-state index in [0.717, 1.165) is 32.4 Å². The lowest BCUT2D eigenvalue weighted by molar-refractivity contribution is -0.140. The second-order valence-corrected chi connectivity index (χ2v) is 12.7. The van der Waals surface area contributed by atoms with E-state index in [9.17, 15) is 20.1 Å². The molecule has 0 unspecified atom stereocenters. The molecule has 0 aliphatic carbocycles. The summed E-state index contributed by atoms with van der Waals surface area (Å²) in [7, 11) is 0. The van der Waals surface area contributed by atoms with E-state index in [1.54, 1.807) is 23.5 Å². The number of benzene rings is 2. The third-order valence-corrected chi connectivity index (χ3v) is 7.48. The van der Waals surface area contributed by atoms with Crippen molar-refractivity contribution in [3.63, 3.8) is 0 Å². The molecule has 0 spiro atoms. The molecule has 0 N–H and O–H groups in total. The van der Waals surface area contributed by atoms with Gasteiger partial charge in [-0.2, -0.15) is 10.5 Å².